The Morgan fingerprint density at radius 3 is 2.37 bits per heavy atom. The summed E-state index contributed by atoms with van der Waals surface area (Å²) < 4.78 is 16.6. The van der Waals surface area contributed by atoms with Gasteiger partial charge in [-0.3, -0.25) is 4.79 Å². The predicted molar refractivity (Wildman–Crippen MR) is 128 cm³/mol. The molecule has 0 saturated carbocycles. The van der Waals surface area contributed by atoms with Crippen molar-refractivity contribution in [3.05, 3.63) is 71.3 Å². The van der Waals surface area contributed by atoms with Crippen molar-refractivity contribution >= 4 is 12.0 Å². The molecule has 1 saturated heterocycles. The van der Waals surface area contributed by atoms with E-state index in [4.69, 9.17) is 14.2 Å². The van der Waals surface area contributed by atoms with Crippen molar-refractivity contribution in [1.29, 1.82) is 5.26 Å². The third kappa shape index (κ3) is 7.04. The van der Waals surface area contributed by atoms with Gasteiger partial charge in [0.25, 0.3) is 5.91 Å². The summed E-state index contributed by atoms with van der Waals surface area (Å²) in [6.45, 7) is 2.12. The number of carbonyl (C=O) groups is 2. The van der Waals surface area contributed by atoms with Gasteiger partial charge >= 0.3 is 6.09 Å². The largest absolute Gasteiger partial charge is 0.436 e. The van der Waals surface area contributed by atoms with Gasteiger partial charge in [0.2, 0.25) is 0 Å². The molecule has 0 bridgehead atoms. The highest BCUT2D eigenvalue weighted by Gasteiger charge is 2.33. The van der Waals surface area contributed by atoms with Crippen molar-refractivity contribution in [3.8, 4) is 6.07 Å². The van der Waals surface area contributed by atoms with Gasteiger partial charge in [0.1, 0.15) is 6.04 Å². The molecule has 1 aliphatic heterocycles. The molecule has 2 aromatic carbocycles. The van der Waals surface area contributed by atoms with E-state index in [0.29, 0.717) is 39.3 Å². The Kier molecular flexibility index (Phi) is 8.71. The lowest BCUT2D eigenvalue weighted by Gasteiger charge is -2.29. The summed E-state index contributed by atoms with van der Waals surface area (Å²) in [5.74, 6) is -0.298. The highest BCUT2D eigenvalue weighted by molar-refractivity contribution is 5.84. The molecule has 4 rings (SSSR count). The smallest absolute Gasteiger partial charge is 0.410 e. The highest BCUT2D eigenvalue weighted by Crippen LogP contribution is 2.30. The Labute approximate surface area is 205 Å². The lowest BCUT2D eigenvalue weighted by molar-refractivity contribution is -0.132. The Bertz CT molecular complexity index is 1010. The maximum atomic E-state index is 13.2. The molecular formula is C27H31N3O5. The Hall–Kier alpha value is -3.41. The molecule has 0 unspecified atom stereocenters. The quantitative estimate of drug-likeness (QED) is 0.596. The average Bonchev–Trinajstić information content (AvgIpc) is 3.31. The van der Waals surface area contributed by atoms with Gasteiger partial charge < -0.3 is 24.4 Å². The summed E-state index contributed by atoms with van der Waals surface area (Å²) in [5, 5.41) is 12.3. The standard InChI is InChI=1S/C27H31N3O5/c28-17-24(19-34-18-20-6-2-1-3-7-20)29-26(31)25(35-27(32)30-10-12-33-13-11-30)16-21-14-22-8-4-5-9-23(22)15-21/h1-9,21,24-25H,10-16,18-19H2,(H,29,31)/t24-,25+/m1/s1. The lowest BCUT2D eigenvalue weighted by atomic mass is 9.97. The summed E-state index contributed by atoms with van der Waals surface area (Å²) in [4.78, 5) is 27.5. The number of ether oxygens (including phenoxy) is 3. The van der Waals surface area contributed by atoms with Crippen molar-refractivity contribution in [2.75, 3.05) is 32.9 Å². The zero-order valence-electron chi connectivity index (χ0n) is 19.7. The molecule has 2 amide bonds. The van der Waals surface area contributed by atoms with Crippen LogP contribution in [0, 0.1) is 17.2 Å². The topological polar surface area (TPSA) is 101 Å². The lowest BCUT2D eigenvalue weighted by Crippen LogP contribution is -2.48. The zero-order valence-corrected chi connectivity index (χ0v) is 19.7. The highest BCUT2D eigenvalue weighted by atomic mass is 16.6. The molecule has 1 aliphatic carbocycles. The van der Waals surface area contributed by atoms with Gasteiger partial charge in [-0.25, -0.2) is 4.79 Å². The van der Waals surface area contributed by atoms with E-state index >= 15 is 0 Å². The number of hydrogen-bond donors (Lipinski definition) is 1. The number of fused-ring (bicyclic) bond motifs is 1. The number of benzene rings is 2. The van der Waals surface area contributed by atoms with Crippen LogP contribution in [0.15, 0.2) is 54.6 Å². The minimum absolute atomic E-state index is 0.0378. The first-order chi connectivity index (χ1) is 17.1. The van der Waals surface area contributed by atoms with E-state index in [0.717, 1.165) is 18.4 Å². The van der Waals surface area contributed by atoms with Crippen LogP contribution in [0.3, 0.4) is 0 Å². The van der Waals surface area contributed by atoms with Crippen LogP contribution < -0.4 is 5.32 Å². The first kappa shape index (κ1) is 24.7. The third-order valence-corrected chi connectivity index (χ3v) is 6.36. The van der Waals surface area contributed by atoms with Crippen molar-refractivity contribution in [2.45, 2.75) is 38.0 Å². The summed E-state index contributed by atoms with van der Waals surface area (Å²) >= 11 is 0. The minimum atomic E-state index is -0.991. The Balaban J connectivity index is 1.36. The van der Waals surface area contributed by atoms with Crippen LogP contribution in [0.5, 0.6) is 0 Å². The van der Waals surface area contributed by atoms with E-state index in [2.05, 4.69) is 23.5 Å². The first-order valence-electron chi connectivity index (χ1n) is 12.0. The molecule has 0 spiro atoms. The molecular weight excluding hydrogens is 446 g/mol. The number of hydrogen-bond acceptors (Lipinski definition) is 6. The molecule has 8 heteroatoms. The third-order valence-electron chi connectivity index (χ3n) is 6.36. The monoisotopic (exact) mass is 477 g/mol. The predicted octanol–water partition coefficient (Wildman–Crippen LogP) is 2.85. The van der Waals surface area contributed by atoms with Crippen LogP contribution in [-0.2, 0) is 38.5 Å². The Morgan fingerprint density at radius 2 is 1.71 bits per heavy atom. The van der Waals surface area contributed by atoms with E-state index in [9.17, 15) is 14.9 Å². The maximum absolute atomic E-state index is 13.2. The molecule has 2 atom stereocenters. The van der Waals surface area contributed by atoms with E-state index < -0.39 is 24.1 Å². The SMILES string of the molecule is N#C[C@H](COCc1ccccc1)NC(=O)[C@H](CC1Cc2ccccc2C1)OC(=O)N1CCOCC1. The van der Waals surface area contributed by atoms with Gasteiger partial charge in [0.15, 0.2) is 6.10 Å². The van der Waals surface area contributed by atoms with Gasteiger partial charge in [0, 0.05) is 13.1 Å². The second kappa shape index (κ2) is 12.3. The maximum Gasteiger partial charge on any atom is 0.410 e. The number of carbonyl (C=O) groups excluding carboxylic acids is 2. The average molecular weight is 478 g/mol. The fourth-order valence-electron chi connectivity index (χ4n) is 4.51. The van der Waals surface area contributed by atoms with Gasteiger partial charge in [-0.15, -0.1) is 0 Å². The summed E-state index contributed by atoms with van der Waals surface area (Å²) in [5.41, 5.74) is 3.51. The molecule has 184 valence electrons. The van der Waals surface area contributed by atoms with Crippen molar-refractivity contribution in [3.63, 3.8) is 0 Å². The first-order valence-corrected chi connectivity index (χ1v) is 12.0. The second-order valence-corrected chi connectivity index (χ2v) is 8.94. The molecule has 1 fully saturated rings. The fraction of sp³-hybridized carbons (Fsp3) is 0.444. The number of nitriles is 1. The summed E-state index contributed by atoms with van der Waals surface area (Å²) in [6, 6.07) is 19.0. The number of nitrogens with one attached hydrogen (secondary N) is 1. The van der Waals surface area contributed by atoms with Crippen molar-refractivity contribution in [1.82, 2.24) is 10.2 Å². The minimum Gasteiger partial charge on any atom is -0.436 e. The molecule has 2 aliphatic rings. The van der Waals surface area contributed by atoms with Crippen LogP contribution in [-0.4, -0.2) is 62.0 Å². The van der Waals surface area contributed by atoms with Crippen LogP contribution in [0.25, 0.3) is 0 Å². The number of rotatable bonds is 9. The van der Waals surface area contributed by atoms with Crippen LogP contribution in [0.2, 0.25) is 0 Å². The van der Waals surface area contributed by atoms with E-state index in [1.807, 2.05) is 42.5 Å². The zero-order chi connectivity index (χ0) is 24.5. The molecule has 35 heavy (non-hydrogen) atoms. The number of amides is 2. The second-order valence-electron chi connectivity index (χ2n) is 8.94. The van der Waals surface area contributed by atoms with Gasteiger partial charge in [0.05, 0.1) is 32.5 Å². The molecule has 0 radical (unpaired) electrons. The van der Waals surface area contributed by atoms with Crippen molar-refractivity contribution in [2.24, 2.45) is 5.92 Å². The van der Waals surface area contributed by atoms with Crippen molar-refractivity contribution < 1.29 is 23.8 Å². The van der Waals surface area contributed by atoms with Gasteiger partial charge in [-0.05, 0) is 41.9 Å². The van der Waals surface area contributed by atoms with Crippen LogP contribution in [0.4, 0.5) is 4.79 Å². The van der Waals surface area contributed by atoms with Crippen LogP contribution in [0.1, 0.15) is 23.1 Å². The van der Waals surface area contributed by atoms with Gasteiger partial charge in [-0.2, -0.15) is 5.26 Å². The number of morpholine rings is 1. The summed E-state index contributed by atoms with van der Waals surface area (Å²) in [6.07, 6.45) is 0.528. The number of nitrogens with zero attached hydrogens (tertiary/aromatic N) is 2. The fourth-order valence-corrected chi connectivity index (χ4v) is 4.51. The Morgan fingerprint density at radius 1 is 1.06 bits per heavy atom. The van der Waals surface area contributed by atoms with E-state index in [-0.39, 0.29) is 12.5 Å². The summed E-state index contributed by atoms with van der Waals surface area (Å²) in [7, 11) is 0. The van der Waals surface area contributed by atoms with E-state index in [1.165, 1.54) is 11.1 Å². The molecule has 8 nitrogen and oxygen atoms in total. The normalized spacial score (nSPS) is 17.2. The molecule has 2 aromatic rings. The molecule has 0 aromatic heterocycles. The van der Waals surface area contributed by atoms with Crippen LogP contribution >= 0.6 is 0 Å². The molecule has 1 N–H and O–H groups in total. The van der Waals surface area contributed by atoms with Gasteiger partial charge in [-0.1, -0.05) is 54.6 Å². The molecule has 1 heterocycles. The van der Waals surface area contributed by atoms with E-state index in [1.54, 1.807) is 4.90 Å².